The first kappa shape index (κ1) is 14.5. The third kappa shape index (κ3) is 1.57. The van der Waals surface area contributed by atoms with Crippen LogP contribution in [0.3, 0.4) is 0 Å². The number of carbonyl (C=O) groups excluding carboxylic acids is 1. The summed E-state index contributed by atoms with van der Waals surface area (Å²) in [5.41, 5.74) is 0.437. The zero-order valence-corrected chi connectivity index (χ0v) is 13.7. The Kier molecular flexibility index (Phi) is 2.82. The number of likely N-dealkylation sites (tertiary alicyclic amines) is 1. The smallest absolute Gasteiger partial charge is 0.247 e. The molecule has 4 atom stereocenters. The molecule has 1 aromatic rings. The van der Waals surface area contributed by atoms with Crippen LogP contribution in [-0.2, 0) is 4.79 Å². The summed E-state index contributed by atoms with van der Waals surface area (Å²) in [6.45, 7) is 5.25. The van der Waals surface area contributed by atoms with Crippen molar-refractivity contribution in [1.82, 2.24) is 4.90 Å². The van der Waals surface area contributed by atoms with Crippen molar-refractivity contribution in [3.63, 3.8) is 0 Å². The number of hydrogen-bond acceptors (Lipinski definition) is 2. The van der Waals surface area contributed by atoms with E-state index in [1.807, 2.05) is 41.3 Å². The average molecular weight is 306 g/mol. The van der Waals surface area contributed by atoms with Crippen LogP contribution in [0.5, 0.6) is 0 Å². The highest BCUT2D eigenvalue weighted by Gasteiger charge is 2.78. The van der Waals surface area contributed by atoms with Gasteiger partial charge in [0.15, 0.2) is 0 Å². The van der Waals surface area contributed by atoms with E-state index in [1.54, 1.807) is 6.08 Å². The monoisotopic (exact) mass is 306 g/mol. The summed E-state index contributed by atoms with van der Waals surface area (Å²) in [7, 11) is 0. The summed E-state index contributed by atoms with van der Waals surface area (Å²) in [4.78, 5) is 14.7. The molecule has 1 heterocycles. The Morgan fingerprint density at radius 1 is 1.35 bits per heavy atom. The van der Waals surface area contributed by atoms with E-state index in [0.29, 0.717) is 5.92 Å². The fraction of sp³-hybridized carbons (Fsp3) is 0.500. The Labute approximate surface area is 137 Å². The van der Waals surface area contributed by atoms with Crippen molar-refractivity contribution in [3.8, 4) is 6.07 Å². The third-order valence-corrected chi connectivity index (χ3v) is 7.23. The Hall–Kier alpha value is -2.08. The van der Waals surface area contributed by atoms with Crippen LogP contribution in [0.4, 0.5) is 0 Å². The Morgan fingerprint density at radius 2 is 2.09 bits per heavy atom. The van der Waals surface area contributed by atoms with Crippen molar-refractivity contribution in [2.24, 2.45) is 16.7 Å². The van der Waals surface area contributed by atoms with E-state index >= 15 is 0 Å². The van der Waals surface area contributed by atoms with Gasteiger partial charge in [-0.1, -0.05) is 44.2 Å². The van der Waals surface area contributed by atoms with Crippen LogP contribution in [0.1, 0.15) is 38.7 Å². The van der Waals surface area contributed by atoms with E-state index in [2.05, 4.69) is 19.9 Å². The lowest BCUT2D eigenvalue weighted by molar-refractivity contribution is -0.132. The molecule has 1 aromatic carbocycles. The van der Waals surface area contributed by atoms with Crippen molar-refractivity contribution >= 4 is 12.0 Å². The van der Waals surface area contributed by atoms with Crippen molar-refractivity contribution in [2.45, 2.75) is 38.6 Å². The van der Waals surface area contributed by atoms with Gasteiger partial charge >= 0.3 is 0 Å². The maximum absolute atomic E-state index is 12.8. The van der Waals surface area contributed by atoms with Gasteiger partial charge in [0.05, 0.1) is 6.07 Å². The molecule has 3 nitrogen and oxygen atoms in total. The molecule has 23 heavy (non-hydrogen) atoms. The van der Waals surface area contributed by atoms with E-state index in [9.17, 15) is 10.1 Å². The van der Waals surface area contributed by atoms with Gasteiger partial charge in [0.1, 0.15) is 5.54 Å². The number of benzene rings is 1. The fourth-order valence-electron chi connectivity index (χ4n) is 5.60. The summed E-state index contributed by atoms with van der Waals surface area (Å²) in [6.07, 6.45) is 6.60. The minimum Gasteiger partial charge on any atom is -0.319 e. The van der Waals surface area contributed by atoms with Crippen LogP contribution < -0.4 is 0 Å². The molecular weight excluding hydrogens is 284 g/mol. The molecule has 2 aliphatic carbocycles. The molecule has 0 radical (unpaired) electrons. The van der Waals surface area contributed by atoms with Crippen LogP contribution in [-0.4, -0.2) is 22.9 Å². The number of piperidine rings is 1. The normalized spacial score (nSPS) is 40.7. The van der Waals surface area contributed by atoms with Gasteiger partial charge in [0.25, 0.3) is 0 Å². The van der Waals surface area contributed by atoms with Gasteiger partial charge in [-0.25, -0.2) is 0 Å². The van der Waals surface area contributed by atoms with Crippen molar-refractivity contribution < 1.29 is 4.79 Å². The molecule has 4 rings (SSSR count). The molecule has 0 N–H and O–H groups in total. The van der Waals surface area contributed by atoms with E-state index in [4.69, 9.17) is 0 Å². The van der Waals surface area contributed by atoms with Gasteiger partial charge in [-0.2, -0.15) is 5.26 Å². The Bertz CT molecular complexity index is 734. The van der Waals surface area contributed by atoms with Gasteiger partial charge in [-0.05, 0) is 42.2 Å². The lowest BCUT2D eigenvalue weighted by Gasteiger charge is -2.42. The highest BCUT2D eigenvalue weighted by Crippen LogP contribution is 2.75. The maximum Gasteiger partial charge on any atom is 0.247 e. The molecule has 0 spiro atoms. The maximum atomic E-state index is 12.8. The second-order valence-corrected chi connectivity index (χ2v) is 7.83. The van der Waals surface area contributed by atoms with E-state index in [1.165, 1.54) is 6.42 Å². The molecule has 4 unspecified atom stereocenters. The Morgan fingerprint density at radius 3 is 2.74 bits per heavy atom. The van der Waals surface area contributed by atoms with Crippen LogP contribution in [0.25, 0.3) is 6.08 Å². The first-order valence-electron chi connectivity index (χ1n) is 8.43. The zero-order chi connectivity index (χ0) is 16.3. The second-order valence-electron chi connectivity index (χ2n) is 7.83. The number of nitrogens with zero attached hydrogens (tertiary/aromatic N) is 2. The van der Waals surface area contributed by atoms with Gasteiger partial charge in [-0.15, -0.1) is 0 Å². The summed E-state index contributed by atoms with van der Waals surface area (Å²) >= 11 is 0. The van der Waals surface area contributed by atoms with Crippen LogP contribution in [0, 0.1) is 28.1 Å². The first-order chi connectivity index (χ1) is 11.0. The van der Waals surface area contributed by atoms with E-state index in [0.717, 1.165) is 24.9 Å². The molecule has 3 heteroatoms. The van der Waals surface area contributed by atoms with Gasteiger partial charge in [-0.3, -0.25) is 4.79 Å². The first-order valence-corrected chi connectivity index (χ1v) is 8.43. The predicted molar refractivity (Wildman–Crippen MR) is 89.1 cm³/mol. The highest BCUT2D eigenvalue weighted by atomic mass is 16.2. The van der Waals surface area contributed by atoms with Crippen LogP contribution in [0.2, 0.25) is 0 Å². The van der Waals surface area contributed by atoms with Gasteiger partial charge < -0.3 is 4.90 Å². The molecule has 0 aromatic heterocycles. The molecular formula is C20H22N2O. The molecule has 4 bridgehead atoms. The van der Waals surface area contributed by atoms with Crippen molar-refractivity contribution in [1.29, 1.82) is 5.26 Å². The lowest BCUT2D eigenvalue weighted by Crippen LogP contribution is -2.54. The Balaban J connectivity index is 1.65. The molecule has 1 saturated heterocycles. The summed E-state index contributed by atoms with van der Waals surface area (Å²) in [6, 6.07) is 12.4. The number of rotatable bonds is 2. The highest BCUT2D eigenvalue weighted by molar-refractivity contribution is 5.93. The summed E-state index contributed by atoms with van der Waals surface area (Å²) in [5.74, 6) is 0.569. The number of nitriles is 1. The molecule has 1 aliphatic heterocycles. The molecule has 3 fully saturated rings. The lowest BCUT2D eigenvalue weighted by atomic mass is 9.66. The van der Waals surface area contributed by atoms with Gasteiger partial charge in [0, 0.05) is 18.0 Å². The van der Waals surface area contributed by atoms with Crippen LogP contribution in [0.15, 0.2) is 36.4 Å². The SMILES string of the molecule is CC12CN(C(=O)/C=C/c3ccccc3)C3(C#N)CC1CCC23C. The molecule has 1 amide bonds. The minimum absolute atomic E-state index is 0.0225. The number of carbonyl (C=O) groups is 1. The zero-order valence-electron chi connectivity index (χ0n) is 13.7. The van der Waals surface area contributed by atoms with E-state index < -0.39 is 5.54 Å². The third-order valence-electron chi connectivity index (χ3n) is 7.23. The topological polar surface area (TPSA) is 44.1 Å². The predicted octanol–water partition coefficient (Wildman–Crippen LogP) is 3.63. The minimum atomic E-state index is -0.608. The fourth-order valence-corrected chi connectivity index (χ4v) is 5.60. The molecule has 2 saturated carbocycles. The van der Waals surface area contributed by atoms with E-state index in [-0.39, 0.29) is 16.7 Å². The molecule has 3 aliphatic rings. The quantitative estimate of drug-likeness (QED) is 0.783. The number of hydrogen-bond donors (Lipinski definition) is 0. The standard InChI is InChI=1S/C20H22N2O/c1-18-14-22(17(23)9-8-15-6-4-3-5-7-15)20(13-21)12-16(18)10-11-19(18,20)2/h3-9,16H,10-12,14H2,1-2H3/b9-8+. The largest absolute Gasteiger partial charge is 0.319 e. The average Bonchev–Trinajstić information content (AvgIpc) is 3.02. The van der Waals surface area contributed by atoms with Crippen LogP contribution >= 0.6 is 0 Å². The van der Waals surface area contributed by atoms with Crippen molar-refractivity contribution in [2.75, 3.05) is 6.54 Å². The van der Waals surface area contributed by atoms with Crippen molar-refractivity contribution in [3.05, 3.63) is 42.0 Å². The summed E-state index contributed by atoms with van der Waals surface area (Å²) < 4.78 is 0. The summed E-state index contributed by atoms with van der Waals surface area (Å²) in [5, 5.41) is 9.98. The number of amides is 1. The molecule has 118 valence electrons. The second kappa shape index (κ2) is 4.47. The van der Waals surface area contributed by atoms with Gasteiger partial charge in [0.2, 0.25) is 5.91 Å².